The van der Waals surface area contributed by atoms with Gasteiger partial charge in [0, 0.05) is 0 Å². The summed E-state index contributed by atoms with van der Waals surface area (Å²) in [5, 5.41) is 0.00114. The topological polar surface area (TPSA) is 66.4 Å². The predicted octanol–water partition coefficient (Wildman–Crippen LogP) is -1.63. The van der Waals surface area contributed by atoms with Crippen LogP contribution in [0.25, 0.3) is 0 Å². The summed E-state index contributed by atoms with van der Waals surface area (Å²) in [5.41, 5.74) is -0.0617. The maximum Gasteiger partial charge on any atom is 1.00 e. The molecule has 1 aromatic rings. The third-order valence-electron chi connectivity index (χ3n) is 1.54. The van der Waals surface area contributed by atoms with Crippen LogP contribution in [-0.2, 0) is 15.8 Å². The van der Waals surface area contributed by atoms with Crippen LogP contribution in [0, 0.1) is 0 Å². The van der Waals surface area contributed by atoms with Crippen LogP contribution in [0.3, 0.4) is 0 Å². The van der Waals surface area contributed by atoms with Gasteiger partial charge < -0.3 is 9.29 Å². The largest absolute Gasteiger partial charge is 1.00 e. The molecule has 0 heterocycles. The number of rotatable bonds is 2. The Morgan fingerprint density at radius 3 is 2.60 bits per heavy atom. The molecule has 0 saturated carbocycles. The van der Waals surface area contributed by atoms with Crippen LogP contribution >= 0.6 is 11.6 Å². The van der Waals surface area contributed by atoms with Crippen molar-refractivity contribution in [3.05, 3.63) is 28.8 Å². The third-order valence-corrected chi connectivity index (χ3v) is 2.74. The Balaban J connectivity index is 0.00000196. The number of esters is 1. The average molecular weight is 257 g/mol. The number of hydrogen-bond donors (Lipinski definition) is 0. The van der Waals surface area contributed by atoms with Crippen molar-refractivity contribution in [1.82, 2.24) is 0 Å². The minimum absolute atomic E-state index is 0. The van der Waals surface area contributed by atoms with Gasteiger partial charge in [0.15, 0.2) is 0 Å². The van der Waals surface area contributed by atoms with Gasteiger partial charge in [0.05, 0.1) is 22.6 Å². The number of ether oxygens (including phenoxy) is 1. The zero-order valence-corrected chi connectivity index (χ0v) is 11.7. The molecule has 1 atom stereocenters. The van der Waals surface area contributed by atoms with Crippen molar-refractivity contribution in [2.45, 2.75) is 4.90 Å². The molecule has 0 aliphatic heterocycles. The summed E-state index contributed by atoms with van der Waals surface area (Å²) in [5.74, 6) is -0.730. The van der Waals surface area contributed by atoms with Gasteiger partial charge in [-0.05, 0) is 23.2 Å². The molecule has 0 aliphatic carbocycles. The molecule has 0 bridgehead atoms. The van der Waals surface area contributed by atoms with E-state index < -0.39 is 17.0 Å². The molecular formula is C8H6ClNaO4S. The van der Waals surface area contributed by atoms with Gasteiger partial charge in [0.1, 0.15) is 0 Å². The van der Waals surface area contributed by atoms with Crippen LogP contribution in [0.15, 0.2) is 23.1 Å². The van der Waals surface area contributed by atoms with Gasteiger partial charge >= 0.3 is 35.5 Å². The number of benzene rings is 1. The van der Waals surface area contributed by atoms with E-state index in [1.165, 1.54) is 25.3 Å². The second kappa shape index (κ2) is 6.62. The van der Waals surface area contributed by atoms with E-state index in [1.54, 1.807) is 0 Å². The van der Waals surface area contributed by atoms with E-state index in [4.69, 9.17) is 11.6 Å². The second-order valence-corrected chi connectivity index (χ2v) is 3.63. The van der Waals surface area contributed by atoms with Crippen LogP contribution in [0.2, 0.25) is 5.02 Å². The number of carbonyl (C=O) groups is 1. The molecule has 15 heavy (non-hydrogen) atoms. The quantitative estimate of drug-likeness (QED) is 0.362. The zero-order valence-electron chi connectivity index (χ0n) is 8.15. The van der Waals surface area contributed by atoms with E-state index in [0.717, 1.165) is 0 Å². The number of hydrogen-bond acceptors (Lipinski definition) is 4. The maximum atomic E-state index is 11.1. The minimum atomic E-state index is -2.56. The fourth-order valence-corrected chi connectivity index (χ4v) is 1.87. The third kappa shape index (κ3) is 3.55. The summed E-state index contributed by atoms with van der Waals surface area (Å²) in [4.78, 5) is 10.9. The molecule has 0 aliphatic rings. The Morgan fingerprint density at radius 1 is 1.53 bits per heavy atom. The average Bonchev–Trinajstić information content (AvgIpc) is 2.15. The predicted molar refractivity (Wildman–Crippen MR) is 50.0 cm³/mol. The van der Waals surface area contributed by atoms with Crippen molar-refractivity contribution >= 4 is 28.7 Å². The molecule has 1 rings (SSSR count). The smallest absolute Gasteiger partial charge is 0.768 e. The molecule has 0 fully saturated rings. The molecule has 0 spiro atoms. The standard InChI is InChI=1S/C8H7ClO4S.Na/c1-13-8(10)5-3-2-4-6(9)7(5)14(11)12;/h2-4H,1H3,(H,11,12);/q;+1/p-1. The van der Waals surface area contributed by atoms with Crippen molar-refractivity contribution in [2.75, 3.05) is 7.11 Å². The number of methoxy groups -OCH3 is 1. The molecule has 0 aromatic heterocycles. The number of carbonyl (C=O) groups excluding carboxylic acids is 1. The monoisotopic (exact) mass is 256 g/mol. The Morgan fingerprint density at radius 2 is 2.13 bits per heavy atom. The Bertz CT molecular complexity index is 396. The SMILES string of the molecule is COC(=O)c1cccc(Cl)c1S(=O)[O-].[Na+]. The summed E-state index contributed by atoms with van der Waals surface area (Å²) < 4.78 is 26.0. The Kier molecular flexibility index (Phi) is 6.66. The van der Waals surface area contributed by atoms with E-state index in [2.05, 4.69) is 4.74 Å². The van der Waals surface area contributed by atoms with Gasteiger partial charge in [0.2, 0.25) is 0 Å². The normalized spacial score (nSPS) is 11.4. The zero-order chi connectivity index (χ0) is 10.7. The van der Waals surface area contributed by atoms with Gasteiger partial charge in [-0.1, -0.05) is 17.7 Å². The molecule has 4 nitrogen and oxygen atoms in total. The van der Waals surface area contributed by atoms with Gasteiger partial charge in [-0.3, -0.25) is 4.21 Å². The first-order valence-corrected chi connectivity index (χ1v) is 4.99. The summed E-state index contributed by atoms with van der Waals surface area (Å²) in [6, 6.07) is 4.20. The van der Waals surface area contributed by atoms with Gasteiger partial charge in [0.25, 0.3) is 0 Å². The van der Waals surface area contributed by atoms with Crippen molar-refractivity contribution < 1.29 is 47.9 Å². The summed E-state index contributed by atoms with van der Waals surface area (Å²) >= 11 is 3.07. The van der Waals surface area contributed by atoms with Crippen LogP contribution < -0.4 is 29.6 Å². The first kappa shape index (κ1) is 15.1. The molecule has 76 valence electrons. The van der Waals surface area contributed by atoms with E-state index in [1.807, 2.05) is 0 Å². The molecule has 0 radical (unpaired) electrons. The summed E-state index contributed by atoms with van der Waals surface area (Å²) in [6.07, 6.45) is 0. The Hall–Kier alpha value is 0.0900. The van der Waals surface area contributed by atoms with E-state index in [9.17, 15) is 13.6 Å². The van der Waals surface area contributed by atoms with Crippen molar-refractivity contribution in [3.8, 4) is 0 Å². The molecule has 0 N–H and O–H groups in total. The van der Waals surface area contributed by atoms with Crippen LogP contribution in [0.1, 0.15) is 10.4 Å². The summed E-state index contributed by atoms with van der Waals surface area (Å²) in [6.45, 7) is 0. The molecule has 0 saturated heterocycles. The maximum absolute atomic E-state index is 11.1. The van der Waals surface area contributed by atoms with Crippen molar-refractivity contribution in [2.24, 2.45) is 0 Å². The first-order chi connectivity index (χ1) is 6.57. The van der Waals surface area contributed by atoms with Crippen LogP contribution in [-0.4, -0.2) is 21.8 Å². The molecule has 0 amide bonds. The molecule has 1 aromatic carbocycles. The van der Waals surface area contributed by atoms with Crippen LogP contribution in [0.4, 0.5) is 0 Å². The van der Waals surface area contributed by atoms with Crippen molar-refractivity contribution in [1.29, 1.82) is 0 Å². The number of halogens is 1. The first-order valence-electron chi connectivity index (χ1n) is 3.54. The van der Waals surface area contributed by atoms with Crippen molar-refractivity contribution in [3.63, 3.8) is 0 Å². The second-order valence-electron chi connectivity index (χ2n) is 2.34. The van der Waals surface area contributed by atoms with Crippen LogP contribution in [0.5, 0.6) is 0 Å². The van der Waals surface area contributed by atoms with E-state index in [0.29, 0.717) is 0 Å². The van der Waals surface area contributed by atoms with E-state index in [-0.39, 0.29) is 45.0 Å². The van der Waals surface area contributed by atoms with Gasteiger partial charge in [-0.25, -0.2) is 4.79 Å². The minimum Gasteiger partial charge on any atom is -0.768 e. The fourth-order valence-electron chi connectivity index (χ4n) is 0.949. The van der Waals surface area contributed by atoms with Gasteiger partial charge in [-0.2, -0.15) is 0 Å². The summed E-state index contributed by atoms with van der Waals surface area (Å²) in [7, 11) is 1.17. The molecule has 1 unspecified atom stereocenters. The molecular weight excluding hydrogens is 251 g/mol. The Labute approximate surface area is 117 Å². The molecule has 7 heteroatoms. The van der Waals surface area contributed by atoms with Gasteiger partial charge in [-0.15, -0.1) is 0 Å². The van der Waals surface area contributed by atoms with E-state index >= 15 is 0 Å². The fraction of sp³-hybridized carbons (Fsp3) is 0.125.